The summed E-state index contributed by atoms with van der Waals surface area (Å²) in [7, 11) is -9.93. The maximum Gasteiger partial charge on any atom is 0.472 e. The molecule has 96 heavy (non-hydrogen) atoms. The van der Waals surface area contributed by atoms with Crippen LogP contribution in [-0.4, -0.2) is 96.7 Å². The predicted molar refractivity (Wildman–Crippen MR) is 390 cm³/mol. The molecule has 0 aliphatic rings. The zero-order chi connectivity index (χ0) is 70.9. The van der Waals surface area contributed by atoms with Crippen LogP contribution in [0.5, 0.6) is 0 Å². The number of aliphatic hydroxyl groups excluding tert-OH is 1. The molecule has 7 atom stereocenters. The van der Waals surface area contributed by atoms with E-state index in [0.29, 0.717) is 25.7 Å². The highest BCUT2D eigenvalue weighted by atomic mass is 31.2. The Hall–Kier alpha value is -2.46. The summed E-state index contributed by atoms with van der Waals surface area (Å²) in [6, 6.07) is 0. The number of carbonyl (C=O) groups excluding carboxylic acids is 4. The molecule has 0 aromatic carbocycles. The van der Waals surface area contributed by atoms with Crippen molar-refractivity contribution in [2.24, 2.45) is 17.8 Å². The molecular weight excluding hydrogens is 1260 g/mol. The lowest BCUT2D eigenvalue weighted by atomic mass is 9.99. The van der Waals surface area contributed by atoms with Gasteiger partial charge < -0.3 is 33.8 Å². The van der Waals surface area contributed by atoms with Crippen molar-refractivity contribution in [3.63, 3.8) is 0 Å². The number of allylic oxidation sites excluding steroid dienone is 4. The molecule has 0 aromatic rings. The number of hydrogen-bond acceptors (Lipinski definition) is 15. The first-order chi connectivity index (χ1) is 46.3. The van der Waals surface area contributed by atoms with Gasteiger partial charge in [0.05, 0.1) is 26.4 Å². The van der Waals surface area contributed by atoms with Crippen LogP contribution in [0.2, 0.25) is 0 Å². The number of unbranched alkanes of at least 4 members (excludes halogenated alkanes) is 36. The summed E-state index contributed by atoms with van der Waals surface area (Å²) >= 11 is 0. The lowest BCUT2D eigenvalue weighted by Crippen LogP contribution is -2.30. The molecule has 0 aromatic heterocycles. The summed E-state index contributed by atoms with van der Waals surface area (Å²) in [4.78, 5) is 72.9. The van der Waals surface area contributed by atoms with Gasteiger partial charge in [-0.2, -0.15) is 0 Å². The zero-order valence-electron chi connectivity index (χ0n) is 62.3. The summed E-state index contributed by atoms with van der Waals surface area (Å²) in [6.45, 7) is 11.9. The Labute approximate surface area is 586 Å². The normalized spacial score (nSPS) is 14.8. The number of aliphatic hydroxyl groups is 1. The lowest BCUT2D eigenvalue weighted by molar-refractivity contribution is -0.161. The maximum absolute atomic E-state index is 13.1. The van der Waals surface area contributed by atoms with Crippen LogP contribution in [0.3, 0.4) is 0 Å². The van der Waals surface area contributed by atoms with Crippen molar-refractivity contribution in [2.45, 2.75) is 388 Å². The highest BCUT2D eigenvalue weighted by molar-refractivity contribution is 7.47. The molecule has 0 radical (unpaired) electrons. The molecule has 17 nitrogen and oxygen atoms in total. The Kier molecular flexibility index (Phi) is 65.3. The summed E-state index contributed by atoms with van der Waals surface area (Å²) in [5.74, 6) is 0.219. The number of esters is 4. The van der Waals surface area contributed by atoms with Crippen LogP contribution in [0.25, 0.3) is 0 Å². The van der Waals surface area contributed by atoms with E-state index >= 15 is 0 Å². The quantitative estimate of drug-likeness (QED) is 0.0169. The summed E-state index contributed by atoms with van der Waals surface area (Å²) < 4.78 is 68.6. The van der Waals surface area contributed by atoms with Crippen LogP contribution < -0.4 is 0 Å². The number of phosphoric acid groups is 2. The van der Waals surface area contributed by atoms with E-state index < -0.39 is 97.5 Å². The third-order valence-corrected chi connectivity index (χ3v) is 19.9. The van der Waals surface area contributed by atoms with Gasteiger partial charge in [0, 0.05) is 25.7 Å². The fourth-order valence-electron chi connectivity index (χ4n) is 11.2. The molecule has 566 valence electrons. The van der Waals surface area contributed by atoms with Crippen LogP contribution in [-0.2, 0) is 65.4 Å². The van der Waals surface area contributed by atoms with Crippen molar-refractivity contribution in [1.82, 2.24) is 0 Å². The third-order valence-electron chi connectivity index (χ3n) is 18.0. The Morgan fingerprint density at radius 2 is 0.615 bits per heavy atom. The summed E-state index contributed by atoms with van der Waals surface area (Å²) in [5, 5.41) is 10.6. The molecule has 0 spiro atoms. The van der Waals surface area contributed by atoms with E-state index in [1.165, 1.54) is 167 Å². The number of rotatable bonds is 73. The Balaban J connectivity index is 5.32. The van der Waals surface area contributed by atoms with Crippen molar-refractivity contribution < 1.29 is 80.2 Å². The van der Waals surface area contributed by atoms with Gasteiger partial charge in [0.25, 0.3) is 0 Å². The maximum atomic E-state index is 13.1. The Bertz CT molecular complexity index is 1970. The monoisotopic (exact) mass is 1410 g/mol. The lowest BCUT2D eigenvalue weighted by Gasteiger charge is -2.21. The Morgan fingerprint density at radius 1 is 0.344 bits per heavy atom. The standard InChI is InChI=1S/C77H146O17P2/c1-8-11-12-13-14-15-16-17-18-19-20-32-39-46-53-60-76(81)93-72(64-88-75(80)59-52-45-38-31-25-22-28-35-42-49-56-69(6)9-2)66-91-95(83,84)89-62-71(78)63-90-96(85,86)92-67-73(65-87-74(79)58-51-44-37-30-24-21-27-34-41-48-55-68(4)5)94-77(82)61-54-47-40-33-26-23-29-36-43-50-57-70(7)10-3/h15-18,68-73,78H,8-14,19-67H2,1-7H3,(H,83,84)(H,85,86)/b16-15-,18-17-/t69?,70?,71-,72-,73-/m1/s1. The number of phosphoric ester groups is 2. The van der Waals surface area contributed by atoms with E-state index in [4.69, 9.17) is 37.0 Å². The molecule has 0 fully saturated rings. The summed E-state index contributed by atoms with van der Waals surface area (Å²) in [5.41, 5.74) is 0. The average Bonchev–Trinajstić information content (AvgIpc) is 1.27. The molecule has 0 saturated carbocycles. The highest BCUT2D eigenvalue weighted by Gasteiger charge is 2.30. The minimum absolute atomic E-state index is 0.0846. The SMILES string of the molecule is CCCCCC/C=C\C=C/CCCCCCCC(=O)O[C@H](COC(=O)CCCCCCCCCCCCC(C)CC)COP(=O)(O)OC[C@@H](O)COP(=O)(O)OC[C@@H](COC(=O)CCCCCCCCCCCCC(C)C)OC(=O)CCCCCCCCCCCCC(C)CC. The first-order valence-corrected chi connectivity index (χ1v) is 42.2. The van der Waals surface area contributed by atoms with Gasteiger partial charge in [-0.3, -0.25) is 37.3 Å². The fraction of sp³-hybridized carbons (Fsp3) is 0.896. The second kappa shape index (κ2) is 67.1. The van der Waals surface area contributed by atoms with Gasteiger partial charge in [-0.05, 0) is 69.1 Å². The molecule has 3 N–H and O–H groups in total. The van der Waals surface area contributed by atoms with E-state index in [9.17, 15) is 43.2 Å². The molecule has 0 saturated heterocycles. The zero-order valence-corrected chi connectivity index (χ0v) is 64.1. The van der Waals surface area contributed by atoms with Gasteiger partial charge in [0.1, 0.15) is 19.3 Å². The second-order valence-electron chi connectivity index (χ2n) is 28.0. The van der Waals surface area contributed by atoms with Crippen LogP contribution in [0, 0.1) is 17.8 Å². The second-order valence-corrected chi connectivity index (χ2v) is 30.9. The average molecular weight is 1410 g/mol. The topological polar surface area (TPSA) is 237 Å². The van der Waals surface area contributed by atoms with Crippen LogP contribution in [0.1, 0.15) is 370 Å². The van der Waals surface area contributed by atoms with E-state index in [-0.39, 0.29) is 25.7 Å². The number of ether oxygens (including phenoxy) is 4. The van der Waals surface area contributed by atoms with Gasteiger partial charge in [-0.15, -0.1) is 0 Å². The first kappa shape index (κ1) is 93.5. The van der Waals surface area contributed by atoms with E-state index in [1.807, 2.05) is 0 Å². The van der Waals surface area contributed by atoms with Gasteiger partial charge in [0.15, 0.2) is 12.2 Å². The summed E-state index contributed by atoms with van der Waals surface area (Å²) in [6.07, 6.45) is 56.0. The molecule has 4 unspecified atom stereocenters. The smallest absolute Gasteiger partial charge is 0.462 e. The van der Waals surface area contributed by atoms with E-state index in [1.54, 1.807) is 0 Å². The molecule has 0 amide bonds. The van der Waals surface area contributed by atoms with Crippen LogP contribution in [0.15, 0.2) is 24.3 Å². The molecule has 0 bridgehead atoms. The van der Waals surface area contributed by atoms with Gasteiger partial charge in [-0.25, -0.2) is 9.13 Å². The van der Waals surface area contributed by atoms with Crippen molar-refractivity contribution in [3.8, 4) is 0 Å². The molecule has 0 rings (SSSR count). The van der Waals surface area contributed by atoms with Crippen LogP contribution >= 0.6 is 15.6 Å². The molecule has 0 heterocycles. The van der Waals surface area contributed by atoms with Crippen molar-refractivity contribution >= 4 is 39.5 Å². The first-order valence-electron chi connectivity index (χ1n) is 39.2. The van der Waals surface area contributed by atoms with Gasteiger partial charge in [-0.1, -0.05) is 317 Å². The molecule has 19 heteroatoms. The fourth-order valence-corrected chi connectivity index (χ4v) is 12.8. The van der Waals surface area contributed by atoms with Crippen molar-refractivity contribution in [2.75, 3.05) is 39.6 Å². The molecular formula is C77H146O17P2. The minimum atomic E-state index is -4.97. The minimum Gasteiger partial charge on any atom is -0.462 e. The highest BCUT2D eigenvalue weighted by Crippen LogP contribution is 2.45. The van der Waals surface area contributed by atoms with E-state index in [0.717, 1.165) is 120 Å². The largest absolute Gasteiger partial charge is 0.472 e. The van der Waals surface area contributed by atoms with E-state index in [2.05, 4.69) is 72.8 Å². The predicted octanol–water partition coefficient (Wildman–Crippen LogP) is 22.1. The van der Waals surface area contributed by atoms with Crippen molar-refractivity contribution in [1.29, 1.82) is 0 Å². The Morgan fingerprint density at radius 3 is 0.927 bits per heavy atom. The number of carbonyl (C=O) groups is 4. The van der Waals surface area contributed by atoms with Gasteiger partial charge in [0.2, 0.25) is 0 Å². The van der Waals surface area contributed by atoms with Gasteiger partial charge >= 0.3 is 39.5 Å². The number of hydrogen-bond donors (Lipinski definition) is 3. The van der Waals surface area contributed by atoms with Crippen LogP contribution in [0.4, 0.5) is 0 Å². The molecule has 0 aliphatic heterocycles. The third kappa shape index (κ3) is 67.4. The van der Waals surface area contributed by atoms with Crippen molar-refractivity contribution in [3.05, 3.63) is 24.3 Å². The molecule has 0 aliphatic carbocycles.